The third kappa shape index (κ3) is 5.81. The van der Waals surface area contributed by atoms with Gasteiger partial charge in [0.05, 0.1) is 5.92 Å². The Morgan fingerprint density at radius 3 is 2.34 bits per heavy atom. The Balaban J connectivity index is 1.35. The Labute approximate surface area is 210 Å². The molecule has 186 valence electrons. The van der Waals surface area contributed by atoms with Crippen LogP contribution in [0.3, 0.4) is 0 Å². The smallest absolute Gasteiger partial charge is 0.407 e. The molecule has 0 bridgehead atoms. The molecule has 2 aliphatic rings. The van der Waals surface area contributed by atoms with Crippen LogP contribution >= 0.6 is 11.8 Å². The van der Waals surface area contributed by atoms with Crippen LogP contribution in [0.5, 0.6) is 0 Å². The number of ether oxygens (including phenoxy) is 1. The largest absolute Gasteiger partial charge is 0.481 e. The summed E-state index contributed by atoms with van der Waals surface area (Å²) in [6, 6.07) is 15.5. The van der Waals surface area contributed by atoms with Crippen LogP contribution in [0.2, 0.25) is 0 Å². The van der Waals surface area contributed by atoms with Crippen LogP contribution < -0.4 is 10.6 Å². The summed E-state index contributed by atoms with van der Waals surface area (Å²) in [4.78, 5) is 37.0. The Kier molecular flexibility index (Phi) is 8.33. The maximum atomic E-state index is 12.9. The second kappa shape index (κ2) is 11.6. The topological polar surface area (TPSA) is 105 Å². The molecule has 0 heterocycles. The molecule has 2 aromatic rings. The highest BCUT2D eigenvalue weighted by Gasteiger charge is 2.34. The van der Waals surface area contributed by atoms with E-state index in [9.17, 15) is 19.5 Å². The first-order valence-electron chi connectivity index (χ1n) is 12.1. The first-order chi connectivity index (χ1) is 17.0. The minimum Gasteiger partial charge on any atom is -0.481 e. The van der Waals surface area contributed by atoms with Crippen molar-refractivity contribution in [3.63, 3.8) is 0 Å². The summed E-state index contributed by atoms with van der Waals surface area (Å²) in [7, 11) is 0. The van der Waals surface area contributed by atoms with Gasteiger partial charge in [-0.25, -0.2) is 4.79 Å². The lowest BCUT2D eigenvalue weighted by Gasteiger charge is -2.21. The Bertz CT molecular complexity index is 1030. The molecule has 8 heteroatoms. The molecule has 3 N–H and O–H groups in total. The molecule has 35 heavy (non-hydrogen) atoms. The molecule has 0 aliphatic heterocycles. The number of hydrogen-bond acceptors (Lipinski definition) is 5. The normalized spacial score (nSPS) is 19.5. The predicted octanol–water partition coefficient (Wildman–Crippen LogP) is 4.26. The van der Waals surface area contributed by atoms with Crippen LogP contribution in [-0.2, 0) is 14.3 Å². The molecule has 2 amide bonds. The summed E-state index contributed by atoms with van der Waals surface area (Å²) >= 11 is 1.59. The lowest BCUT2D eigenvalue weighted by molar-refractivity contribution is -0.143. The lowest BCUT2D eigenvalue weighted by atomic mass is 9.96. The van der Waals surface area contributed by atoms with Crippen molar-refractivity contribution in [1.82, 2.24) is 10.6 Å². The zero-order valence-electron chi connectivity index (χ0n) is 19.9. The lowest BCUT2D eigenvalue weighted by Crippen LogP contribution is -2.48. The first-order valence-corrected chi connectivity index (χ1v) is 13.5. The van der Waals surface area contributed by atoms with Crippen LogP contribution in [0.15, 0.2) is 48.5 Å². The maximum absolute atomic E-state index is 12.9. The van der Waals surface area contributed by atoms with Crippen LogP contribution in [0.25, 0.3) is 11.1 Å². The fourth-order valence-electron chi connectivity index (χ4n) is 5.25. The minimum atomic E-state index is -0.808. The van der Waals surface area contributed by atoms with Gasteiger partial charge in [0.25, 0.3) is 0 Å². The zero-order chi connectivity index (χ0) is 24.8. The van der Waals surface area contributed by atoms with E-state index in [1.807, 2.05) is 30.5 Å². The number of thioether (sulfide) groups is 1. The predicted molar refractivity (Wildman–Crippen MR) is 136 cm³/mol. The minimum absolute atomic E-state index is 0.0538. The van der Waals surface area contributed by atoms with Crippen LogP contribution in [-0.4, -0.2) is 54.3 Å². The second-order valence-corrected chi connectivity index (χ2v) is 10.2. The number of carbonyl (C=O) groups excluding carboxylic acids is 2. The van der Waals surface area contributed by atoms with Crippen molar-refractivity contribution in [3.8, 4) is 11.1 Å². The summed E-state index contributed by atoms with van der Waals surface area (Å²) in [5, 5.41) is 15.0. The number of carboxylic acid groups (broad SMARTS) is 1. The quantitative estimate of drug-likeness (QED) is 0.454. The standard InChI is InChI=1S/C27H32N2O5S/c1-35-14-13-24(25(30)28-15-17-7-6-12-18(17)26(31)32)29-27(33)34-16-23-21-10-4-2-8-19(21)20-9-3-5-11-22(20)23/h2-5,8-11,17-18,23-24H,6-7,12-16H2,1H3,(H,28,30)(H,29,33)(H,31,32)/t17-,18-,24?/m0/s1. The Hall–Kier alpha value is -3.00. The molecule has 2 aromatic carbocycles. The average molecular weight is 497 g/mol. The molecule has 3 atom stereocenters. The number of carboxylic acids is 1. The number of alkyl carbamates (subject to hydrolysis) is 1. The van der Waals surface area contributed by atoms with Crippen molar-refractivity contribution < 1.29 is 24.2 Å². The molecule has 7 nitrogen and oxygen atoms in total. The average Bonchev–Trinajstić information content (AvgIpc) is 3.47. The van der Waals surface area contributed by atoms with Gasteiger partial charge in [-0.3, -0.25) is 9.59 Å². The Morgan fingerprint density at radius 1 is 1.06 bits per heavy atom. The van der Waals surface area contributed by atoms with E-state index in [2.05, 4.69) is 34.9 Å². The molecule has 1 saturated carbocycles. The summed E-state index contributed by atoms with van der Waals surface area (Å²) in [5.41, 5.74) is 4.56. The number of benzene rings is 2. The molecule has 4 rings (SSSR count). The van der Waals surface area contributed by atoms with Crippen LogP contribution in [0.4, 0.5) is 4.79 Å². The SMILES string of the molecule is CSCCC(NC(=O)OCC1c2ccccc2-c2ccccc21)C(=O)NC[C@@H]1CCC[C@@H]1C(=O)O. The third-order valence-corrected chi connectivity index (χ3v) is 7.72. The number of rotatable bonds is 10. The molecule has 1 fully saturated rings. The van der Waals surface area contributed by atoms with E-state index in [4.69, 9.17) is 4.74 Å². The van der Waals surface area contributed by atoms with E-state index in [1.54, 1.807) is 11.8 Å². The number of carbonyl (C=O) groups is 3. The number of aliphatic carboxylic acids is 1. The fourth-order valence-corrected chi connectivity index (χ4v) is 5.72. The van der Waals surface area contributed by atoms with E-state index in [0.29, 0.717) is 25.1 Å². The number of nitrogens with one attached hydrogen (secondary N) is 2. The maximum Gasteiger partial charge on any atom is 0.407 e. The van der Waals surface area contributed by atoms with Crippen molar-refractivity contribution >= 4 is 29.7 Å². The highest BCUT2D eigenvalue weighted by molar-refractivity contribution is 7.98. The van der Waals surface area contributed by atoms with E-state index in [-0.39, 0.29) is 24.3 Å². The third-order valence-electron chi connectivity index (χ3n) is 7.08. The van der Waals surface area contributed by atoms with Gasteiger partial charge in [-0.2, -0.15) is 11.8 Å². The Morgan fingerprint density at radius 2 is 1.71 bits per heavy atom. The highest BCUT2D eigenvalue weighted by atomic mass is 32.2. The summed E-state index contributed by atoms with van der Waals surface area (Å²) in [6.07, 6.45) is 4.06. The van der Waals surface area contributed by atoms with E-state index in [1.165, 1.54) is 0 Å². The van der Waals surface area contributed by atoms with E-state index in [0.717, 1.165) is 35.1 Å². The molecule has 0 spiro atoms. The van der Waals surface area contributed by atoms with Crippen molar-refractivity contribution in [1.29, 1.82) is 0 Å². The van der Waals surface area contributed by atoms with Gasteiger partial charge in [-0.15, -0.1) is 0 Å². The van der Waals surface area contributed by atoms with Gasteiger partial charge in [-0.1, -0.05) is 55.0 Å². The highest BCUT2D eigenvalue weighted by Crippen LogP contribution is 2.44. The summed E-state index contributed by atoms with van der Waals surface area (Å²) in [5.74, 6) is -0.965. The van der Waals surface area contributed by atoms with Gasteiger partial charge in [0, 0.05) is 12.5 Å². The molecule has 0 saturated heterocycles. The molecule has 0 radical (unpaired) electrons. The van der Waals surface area contributed by atoms with Crippen molar-refractivity contribution in [2.75, 3.05) is 25.2 Å². The number of amides is 2. The zero-order valence-corrected chi connectivity index (χ0v) is 20.7. The molecular formula is C27H32N2O5S. The van der Waals surface area contributed by atoms with E-state index >= 15 is 0 Å². The van der Waals surface area contributed by atoms with Crippen LogP contribution in [0.1, 0.15) is 42.7 Å². The summed E-state index contributed by atoms with van der Waals surface area (Å²) in [6.45, 7) is 0.483. The van der Waals surface area contributed by atoms with Crippen molar-refractivity contribution in [3.05, 3.63) is 59.7 Å². The van der Waals surface area contributed by atoms with Gasteiger partial charge in [0.1, 0.15) is 12.6 Å². The van der Waals surface area contributed by atoms with Gasteiger partial charge in [0.15, 0.2) is 0 Å². The molecule has 1 unspecified atom stereocenters. The van der Waals surface area contributed by atoms with Gasteiger partial charge in [-0.05, 0) is 59.4 Å². The number of hydrogen-bond donors (Lipinski definition) is 3. The van der Waals surface area contributed by atoms with Crippen molar-refractivity contribution in [2.24, 2.45) is 11.8 Å². The van der Waals surface area contributed by atoms with Gasteiger partial charge < -0.3 is 20.5 Å². The second-order valence-electron chi connectivity index (χ2n) is 9.18. The van der Waals surface area contributed by atoms with Crippen molar-refractivity contribution in [2.45, 2.75) is 37.6 Å². The number of fused-ring (bicyclic) bond motifs is 3. The first kappa shape index (κ1) is 25.1. The van der Waals surface area contributed by atoms with Gasteiger partial charge >= 0.3 is 12.1 Å². The molecule has 2 aliphatic carbocycles. The van der Waals surface area contributed by atoms with E-state index < -0.39 is 24.0 Å². The van der Waals surface area contributed by atoms with Gasteiger partial charge in [0.2, 0.25) is 5.91 Å². The summed E-state index contributed by atoms with van der Waals surface area (Å²) < 4.78 is 5.61. The monoisotopic (exact) mass is 496 g/mol. The van der Waals surface area contributed by atoms with Crippen LogP contribution in [0, 0.1) is 11.8 Å². The fraction of sp³-hybridized carbons (Fsp3) is 0.444. The molecule has 0 aromatic heterocycles. The molecular weight excluding hydrogens is 464 g/mol.